The summed E-state index contributed by atoms with van der Waals surface area (Å²) >= 11 is 0. The van der Waals surface area contributed by atoms with Crippen molar-refractivity contribution in [2.24, 2.45) is 5.73 Å². The first-order valence-electron chi connectivity index (χ1n) is 5.14. The van der Waals surface area contributed by atoms with Gasteiger partial charge in [0.25, 0.3) is 0 Å². The second-order valence-corrected chi connectivity index (χ2v) is 5.53. The van der Waals surface area contributed by atoms with E-state index >= 15 is 0 Å². The molecule has 0 saturated carbocycles. The minimum atomic E-state index is -3.57. The van der Waals surface area contributed by atoms with Crippen molar-refractivity contribution in [1.82, 2.24) is 4.72 Å². The molecule has 0 aliphatic heterocycles. The predicted molar refractivity (Wildman–Crippen MR) is 72.0 cm³/mol. The van der Waals surface area contributed by atoms with Crippen LogP contribution in [0.5, 0.6) is 0 Å². The Morgan fingerprint density at radius 1 is 1.50 bits per heavy atom. The quantitative estimate of drug-likeness (QED) is 0.861. The molecule has 0 unspecified atom stereocenters. The van der Waals surface area contributed by atoms with Crippen LogP contribution in [0.25, 0.3) is 0 Å². The SMILES string of the molecule is Cc1cc(C#N)ccc1S(=O)(=O)N[C@@H](C)CN.Cl. The maximum atomic E-state index is 12.0. The molecular weight excluding hydrogens is 274 g/mol. The molecule has 1 aromatic rings. The number of nitrogens with zero attached hydrogens (tertiary/aromatic N) is 1. The van der Waals surface area contributed by atoms with Crippen molar-refractivity contribution in [3.8, 4) is 6.07 Å². The van der Waals surface area contributed by atoms with E-state index in [0.717, 1.165) is 0 Å². The highest BCUT2D eigenvalue weighted by atomic mass is 35.5. The Morgan fingerprint density at radius 2 is 2.11 bits per heavy atom. The largest absolute Gasteiger partial charge is 0.329 e. The van der Waals surface area contributed by atoms with Crippen LogP contribution in [0, 0.1) is 18.3 Å². The zero-order valence-corrected chi connectivity index (χ0v) is 11.8. The highest BCUT2D eigenvalue weighted by molar-refractivity contribution is 7.89. The molecule has 0 fully saturated rings. The number of halogens is 1. The van der Waals surface area contributed by atoms with Crippen LogP contribution in [0.1, 0.15) is 18.1 Å². The van der Waals surface area contributed by atoms with Crippen molar-refractivity contribution in [2.45, 2.75) is 24.8 Å². The van der Waals surface area contributed by atoms with Gasteiger partial charge in [-0.1, -0.05) is 0 Å². The average Bonchev–Trinajstić information content (AvgIpc) is 2.27. The first-order valence-corrected chi connectivity index (χ1v) is 6.62. The molecule has 3 N–H and O–H groups in total. The summed E-state index contributed by atoms with van der Waals surface area (Å²) in [5.74, 6) is 0. The topological polar surface area (TPSA) is 96.0 Å². The highest BCUT2D eigenvalue weighted by Gasteiger charge is 2.18. The fourth-order valence-electron chi connectivity index (χ4n) is 1.40. The van der Waals surface area contributed by atoms with Crippen molar-refractivity contribution < 1.29 is 8.42 Å². The molecule has 100 valence electrons. The number of rotatable bonds is 4. The van der Waals surface area contributed by atoms with Crippen molar-refractivity contribution in [2.75, 3.05) is 6.54 Å². The Labute approximate surface area is 113 Å². The van der Waals surface area contributed by atoms with Gasteiger partial charge < -0.3 is 5.73 Å². The maximum Gasteiger partial charge on any atom is 0.241 e. The summed E-state index contributed by atoms with van der Waals surface area (Å²) in [5.41, 5.74) is 6.35. The van der Waals surface area contributed by atoms with Crippen LogP contribution in [-0.2, 0) is 10.0 Å². The van der Waals surface area contributed by atoms with Gasteiger partial charge in [0.2, 0.25) is 10.0 Å². The maximum absolute atomic E-state index is 12.0. The van der Waals surface area contributed by atoms with E-state index in [0.29, 0.717) is 11.1 Å². The van der Waals surface area contributed by atoms with E-state index in [1.807, 2.05) is 6.07 Å². The normalized spacial score (nSPS) is 12.3. The molecule has 0 amide bonds. The van der Waals surface area contributed by atoms with Gasteiger partial charge in [0.1, 0.15) is 0 Å². The number of nitrogens with two attached hydrogens (primary N) is 1. The van der Waals surface area contributed by atoms with Crippen LogP contribution in [-0.4, -0.2) is 21.0 Å². The molecule has 0 spiro atoms. The molecule has 1 aromatic carbocycles. The Kier molecular flexibility index (Phi) is 6.29. The van der Waals surface area contributed by atoms with E-state index in [1.165, 1.54) is 12.1 Å². The van der Waals surface area contributed by atoms with Gasteiger partial charge in [-0.2, -0.15) is 5.26 Å². The second-order valence-electron chi connectivity index (χ2n) is 3.85. The summed E-state index contributed by atoms with van der Waals surface area (Å²) in [7, 11) is -3.57. The van der Waals surface area contributed by atoms with Crippen molar-refractivity contribution >= 4 is 22.4 Å². The Hall–Kier alpha value is -1.13. The Morgan fingerprint density at radius 3 is 2.56 bits per heavy atom. The number of nitrogens with one attached hydrogen (secondary N) is 1. The van der Waals surface area contributed by atoms with E-state index in [2.05, 4.69) is 4.72 Å². The lowest BCUT2D eigenvalue weighted by Crippen LogP contribution is -2.38. The third kappa shape index (κ3) is 3.96. The van der Waals surface area contributed by atoms with Gasteiger partial charge in [0, 0.05) is 12.6 Å². The van der Waals surface area contributed by atoms with Crippen LogP contribution in [0.2, 0.25) is 0 Å². The molecule has 0 radical (unpaired) electrons. The molecule has 0 saturated heterocycles. The lowest BCUT2D eigenvalue weighted by Gasteiger charge is -2.13. The van der Waals surface area contributed by atoms with Gasteiger partial charge >= 0.3 is 0 Å². The first kappa shape index (κ1) is 16.9. The zero-order valence-electron chi connectivity index (χ0n) is 10.2. The van der Waals surface area contributed by atoms with E-state index in [9.17, 15) is 8.42 Å². The van der Waals surface area contributed by atoms with Gasteiger partial charge in [-0.15, -0.1) is 12.4 Å². The average molecular weight is 290 g/mol. The van der Waals surface area contributed by atoms with Crippen molar-refractivity contribution in [3.63, 3.8) is 0 Å². The summed E-state index contributed by atoms with van der Waals surface area (Å²) in [6.07, 6.45) is 0. The lowest BCUT2D eigenvalue weighted by atomic mass is 10.2. The van der Waals surface area contributed by atoms with Gasteiger partial charge in [0.15, 0.2) is 0 Å². The molecule has 1 rings (SSSR count). The molecule has 0 heterocycles. The van der Waals surface area contributed by atoms with Crippen LogP contribution >= 0.6 is 12.4 Å². The predicted octanol–water partition coefficient (Wildman–Crippen LogP) is 0.914. The summed E-state index contributed by atoms with van der Waals surface area (Å²) in [6, 6.07) is 6.09. The summed E-state index contributed by atoms with van der Waals surface area (Å²) in [5, 5.41) is 8.71. The van der Waals surface area contributed by atoms with E-state index < -0.39 is 10.0 Å². The molecule has 7 heteroatoms. The van der Waals surface area contributed by atoms with E-state index in [4.69, 9.17) is 11.0 Å². The third-order valence-corrected chi connectivity index (χ3v) is 4.05. The second kappa shape index (κ2) is 6.71. The molecule has 0 aromatic heterocycles. The van der Waals surface area contributed by atoms with Gasteiger partial charge in [0.05, 0.1) is 16.5 Å². The number of sulfonamides is 1. The number of hydrogen-bond acceptors (Lipinski definition) is 4. The summed E-state index contributed by atoms with van der Waals surface area (Å²) in [6.45, 7) is 3.58. The fraction of sp³-hybridized carbons (Fsp3) is 0.364. The number of nitriles is 1. The van der Waals surface area contributed by atoms with E-state index in [1.54, 1.807) is 19.9 Å². The number of hydrogen-bond donors (Lipinski definition) is 2. The number of aryl methyl sites for hydroxylation is 1. The highest BCUT2D eigenvalue weighted by Crippen LogP contribution is 2.16. The summed E-state index contributed by atoms with van der Waals surface area (Å²) < 4.78 is 26.4. The molecule has 5 nitrogen and oxygen atoms in total. The van der Waals surface area contributed by atoms with Crippen molar-refractivity contribution in [1.29, 1.82) is 5.26 Å². The van der Waals surface area contributed by atoms with Crippen LogP contribution in [0.4, 0.5) is 0 Å². The van der Waals surface area contributed by atoms with Gasteiger partial charge in [-0.3, -0.25) is 0 Å². The molecular formula is C11H16ClN3O2S. The van der Waals surface area contributed by atoms with Crippen molar-refractivity contribution in [3.05, 3.63) is 29.3 Å². The van der Waals surface area contributed by atoms with Gasteiger partial charge in [-0.05, 0) is 37.6 Å². The molecule has 18 heavy (non-hydrogen) atoms. The molecule has 0 aliphatic carbocycles. The van der Waals surface area contributed by atoms with Gasteiger partial charge in [-0.25, -0.2) is 13.1 Å². The standard InChI is InChI=1S/C11H15N3O2S.ClH/c1-8-5-10(7-13)3-4-11(8)17(15,16)14-9(2)6-12;/h3-5,9,14H,6,12H2,1-2H3;1H/t9-;/m0./s1. The molecule has 0 bridgehead atoms. The fourth-order valence-corrected chi connectivity index (χ4v) is 2.88. The summed E-state index contributed by atoms with van der Waals surface area (Å²) in [4.78, 5) is 0.178. The van der Waals surface area contributed by atoms with E-state index in [-0.39, 0.29) is 29.9 Å². The Balaban J connectivity index is 0.00000289. The zero-order chi connectivity index (χ0) is 13.1. The van der Waals surface area contributed by atoms with Crippen LogP contribution in [0.15, 0.2) is 23.1 Å². The Bertz CT molecular complexity index is 552. The minimum Gasteiger partial charge on any atom is -0.329 e. The minimum absolute atomic E-state index is 0. The third-order valence-electron chi connectivity index (χ3n) is 2.30. The van der Waals surface area contributed by atoms with Crippen LogP contribution in [0.3, 0.4) is 0 Å². The van der Waals surface area contributed by atoms with Crippen LogP contribution < -0.4 is 10.5 Å². The molecule has 1 atom stereocenters. The smallest absolute Gasteiger partial charge is 0.241 e. The first-order chi connectivity index (χ1) is 7.90. The monoisotopic (exact) mass is 289 g/mol. The molecule has 0 aliphatic rings. The lowest BCUT2D eigenvalue weighted by molar-refractivity contribution is 0.562. The number of benzene rings is 1.